The van der Waals surface area contributed by atoms with Gasteiger partial charge in [-0.25, -0.2) is 4.57 Å². The Bertz CT molecular complexity index is 1830. The molecule has 210 valence electrons. The van der Waals surface area contributed by atoms with Gasteiger partial charge in [-0.3, -0.25) is 0 Å². The van der Waals surface area contributed by atoms with Gasteiger partial charge in [0.25, 0.3) is 0 Å². The molecule has 2 aliphatic heterocycles. The van der Waals surface area contributed by atoms with Gasteiger partial charge in [0.2, 0.25) is 5.69 Å². The SMILES string of the molecule is Cc1c2c(c(CC(C)C)c3ccc(CC(C)C)cc13)Sc1cc3ccc(C4CCOCC4)cc3c3cc[n+](C)c-2c13. The minimum absolute atomic E-state index is 0.590. The van der Waals surface area contributed by atoms with E-state index >= 15 is 0 Å². The van der Waals surface area contributed by atoms with Crippen LogP contribution in [0, 0.1) is 18.8 Å². The highest BCUT2D eigenvalue weighted by atomic mass is 32.2. The van der Waals surface area contributed by atoms with Crippen LogP contribution in [0.4, 0.5) is 0 Å². The van der Waals surface area contributed by atoms with Crippen molar-refractivity contribution in [2.45, 2.75) is 76.0 Å². The largest absolute Gasteiger partial charge is 0.381 e. The fourth-order valence-corrected chi connectivity index (χ4v) is 8.78. The highest BCUT2D eigenvalue weighted by Crippen LogP contribution is 2.53. The smallest absolute Gasteiger partial charge is 0.222 e. The second-order valence-electron chi connectivity index (χ2n) is 13.3. The van der Waals surface area contributed by atoms with Crippen molar-refractivity contribution in [3.8, 4) is 11.3 Å². The van der Waals surface area contributed by atoms with Crippen molar-refractivity contribution in [1.82, 2.24) is 0 Å². The molecule has 0 amide bonds. The molecule has 1 saturated heterocycles. The van der Waals surface area contributed by atoms with Crippen molar-refractivity contribution >= 4 is 44.1 Å². The van der Waals surface area contributed by atoms with E-state index in [0.717, 1.165) is 38.9 Å². The number of rotatable bonds is 5. The number of ether oxygens (including phenoxy) is 1. The third kappa shape index (κ3) is 4.57. The van der Waals surface area contributed by atoms with E-state index < -0.39 is 0 Å². The molecule has 7 rings (SSSR count). The molecule has 41 heavy (non-hydrogen) atoms. The van der Waals surface area contributed by atoms with Crippen LogP contribution in [0.5, 0.6) is 0 Å². The van der Waals surface area contributed by atoms with E-state index in [1.165, 1.54) is 75.6 Å². The predicted molar refractivity (Wildman–Crippen MR) is 174 cm³/mol. The molecule has 4 aromatic carbocycles. The summed E-state index contributed by atoms with van der Waals surface area (Å²) in [4.78, 5) is 2.86. The fraction of sp³-hybridized carbons (Fsp3) is 0.395. The number of aryl methyl sites for hydroxylation is 2. The summed E-state index contributed by atoms with van der Waals surface area (Å²) >= 11 is 2.01. The summed E-state index contributed by atoms with van der Waals surface area (Å²) in [7, 11) is 2.24. The lowest BCUT2D eigenvalue weighted by molar-refractivity contribution is -0.659. The molecule has 0 spiro atoms. The maximum Gasteiger partial charge on any atom is 0.222 e. The van der Waals surface area contributed by atoms with Gasteiger partial charge in [0.05, 0.1) is 10.9 Å². The van der Waals surface area contributed by atoms with Crippen LogP contribution in [0.3, 0.4) is 0 Å². The summed E-state index contributed by atoms with van der Waals surface area (Å²) in [5.74, 6) is 1.83. The van der Waals surface area contributed by atoms with Gasteiger partial charge in [0, 0.05) is 34.5 Å². The molecule has 3 heteroatoms. The third-order valence-electron chi connectivity index (χ3n) is 9.31. The summed E-state index contributed by atoms with van der Waals surface area (Å²) in [6, 6.07) is 19.4. The van der Waals surface area contributed by atoms with Gasteiger partial charge < -0.3 is 4.74 Å². The first-order chi connectivity index (χ1) is 19.8. The molecule has 2 aliphatic rings. The predicted octanol–water partition coefficient (Wildman–Crippen LogP) is 9.70. The van der Waals surface area contributed by atoms with E-state index in [0.29, 0.717) is 17.8 Å². The van der Waals surface area contributed by atoms with E-state index in [-0.39, 0.29) is 0 Å². The van der Waals surface area contributed by atoms with E-state index in [1.807, 2.05) is 11.8 Å². The Morgan fingerprint density at radius 1 is 0.854 bits per heavy atom. The molecule has 0 aliphatic carbocycles. The Morgan fingerprint density at radius 2 is 1.63 bits per heavy atom. The van der Waals surface area contributed by atoms with Gasteiger partial charge in [0.15, 0.2) is 6.20 Å². The molecule has 0 atom stereocenters. The van der Waals surface area contributed by atoms with Gasteiger partial charge in [-0.15, -0.1) is 0 Å². The monoisotopic (exact) mass is 560 g/mol. The molecule has 2 nitrogen and oxygen atoms in total. The van der Waals surface area contributed by atoms with Crippen molar-refractivity contribution in [2.24, 2.45) is 18.9 Å². The number of hydrogen-bond acceptors (Lipinski definition) is 2. The van der Waals surface area contributed by atoms with Crippen molar-refractivity contribution in [3.63, 3.8) is 0 Å². The van der Waals surface area contributed by atoms with E-state index in [1.54, 1.807) is 0 Å². The summed E-state index contributed by atoms with van der Waals surface area (Å²) < 4.78 is 8.06. The molecule has 0 N–H and O–H groups in total. The fourth-order valence-electron chi connectivity index (χ4n) is 7.40. The summed E-state index contributed by atoms with van der Waals surface area (Å²) in [6.45, 7) is 13.5. The highest BCUT2D eigenvalue weighted by molar-refractivity contribution is 8.00. The molecule has 0 saturated carbocycles. The molecule has 3 heterocycles. The van der Waals surface area contributed by atoms with E-state index in [9.17, 15) is 0 Å². The van der Waals surface area contributed by atoms with E-state index in [4.69, 9.17) is 4.74 Å². The standard InChI is InChI=1S/C38H42NOS/c1-22(2)17-25-7-10-29-31(19-25)24(5)35-37-36-30(11-14-39(37)6)32-20-27(26-12-15-40-16-13-26)8-9-28(32)21-34(36)41-38(35)33(29)18-23(3)4/h7-11,14,19-23,26H,12-13,15-18H2,1-6H3/q+1. The topological polar surface area (TPSA) is 13.1 Å². The van der Waals surface area contributed by atoms with Gasteiger partial charge in [-0.2, -0.15) is 0 Å². The zero-order valence-corrected chi connectivity index (χ0v) is 26.3. The number of pyridine rings is 1. The number of fused-ring (bicyclic) bond motifs is 5. The molecule has 5 aromatic rings. The normalized spacial score (nSPS) is 15.5. The van der Waals surface area contributed by atoms with Crippen LogP contribution in [-0.2, 0) is 24.6 Å². The van der Waals surface area contributed by atoms with Crippen LogP contribution in [0.2, 0.25) is 0 Å². The quantitative estimate of drug-likeness (QED) is 0.154. The lowest BCUT2D eigenvalue weighted by Gasteiger charge is -2.26. The molecule has 0 radical (unpaired) electrons. The number of benzene rings is 4. The van der Waals surface area contributed by atoms with Gasteiger partial charge in [-0.1, -0.05) is 75.9 Å². The maximum atomic E-state index is 5.67. The average Bonchev–Trinajstić information content (AvgIpc) is 2.96. The maximum absolute atomic E-state index is 5.67. The van der Waals surface area contributed by atoms with Crippen LogP contribution >= 0.6 is 11.8 Å². The summed E-state index contributed by atoms with van der Waals surface area (Å²) in [5, 5.41) is 8.41. The van der Waals surface area contributed by atoms with Gasteiger partial charge in [0.1, 0.15) is 7.05 Å². The Balaban J connectivity index is 1.53. The Morgan fingerprint density at radius 3 is 2.39 bits per heavy atom. The molecule has 0 bridgehead atoms. The highest BCUT2D eigenvalue weighted by Gasteiger charge is 2.32. The minimum Gasteiger partial charge on any atom is -0.381 e. The van der Waals surface area contributed by atoms with Gasteiger partial charge >= 0.3 is 0 Å². The van der Waals surface area contributed by atoms with Crippen molar-refractivity contribution in [3.05, 3.63) is 77.0 Å². The van der Waals surface area contributed by atoms with Crippen LogP contribution < -0.4 is 4.57 Å². The Hall–Kier alpha value is -2.88. The zero-order chi connectivity index (χ0) is 28.4. The van der Waals surface area contributed by atoms with Crippen LogP contribution in [0.25, 0.3) is 43.6 Å². The molecular formula is C38H42NOS+. The lowest BCUT2D eigenvalue weighted by Crippen LogP contribution is -2.32. The molecular weight excluding hydrogens is 518 g/mol. The van der Waals surface area contributed by atoms with E-state index in [2.05, 4.69) is 101 Å². The van der Waals surface area contributed by atoms with Crippen LogP contribution in [0.1, 0.15) is 68.7 Å². The number of hydrogen-bond donors (Lipinski definition) is 0. The lowest BCUT2D eigenvalue weighted by atomic mass is 9.86. The Labute approximate surface area is 249 Å². The molecule has 1 fully saturated rings. The van der Waals surface area contributed by atoms with Crippen LogP contribution in [-0.4, -0.2) is 13.2 Å². The van der Waals surface area contributed by atoms with Crippen LogP contribution in [0.15, 0.2) is 64.5 Å². The third-order valence-corrected chi connectivity index (χ3v) is 10.5. The van der Waals surface area contributed by atoms with Gasteiger partial charge in [-0.05, 0) is 100 Å². The summed E-state index contributed by atoms with van der Waals surface area (Å²) in [5.41, 5.74) is 8.68. The minimum atomic E-state index is 0.590. The van der Waals surface area contributed by atoms with Crippen molar-refractivity contribution in [1.29, 1.82) is 0 Å². The average molecular weight is 561 g/mol. The summed E-state index contributed by atoms with van der Waals surface area (Å²) in [6.07, 6.45) is 6.74. The van der Waals surface area contributed by atoms with Crippen molar-refractivity contribution in [2.75, 3.05) is 13.2 Å². The zero-order valence-electron chi connectivity index (χ0n) is 25.4. The second-order valence-corrected chi connectivity index (χ2v) is 14.3. The molecule has 0 unspecified atom stereocenters. The first kappa shape index (κ1) is 27.0. The second kappa shape index (κ2) is 10.4. The first-order valence-electron chi connectivity index (χ1n) is 15.5. The first-order valence-corrected chi connectivity index (χ1v) is 16.3. The molecule has 1 aromatic heterocycles. The number of aromatic nitrogens is 1. The Kier molecular flexibility index (Phi) is 6.87. The van der Waals surface area contributed by atoms with Crippen molar-refractivity contribution < 1.29 is 9.30 Å². The number of nitrogens with zero attached hydrogens (tertiary/aromatic N) is 1.